The van der Waals surface area contributed by atoms with Crippen molar-refractivity contribution in [3.8, 4) is 0 Å². The molecular weight excluding hydrogens is 192 g/mol. The zero-order valence-electron chi connectivity index (χ0n) is 7.93. The highest BCUT2D eigenvalue weighted by atomic mass is 16.4. The van der Waals surface area contributed by atoms with Crippen molar-refractivity contribution >= 4 is 11.9 Å². The van der Waals surface area contributed by atoms with Gasteiger partial charge in [-0.3, -0.25) is 9.59 Å². The predicted octanol–water partition coefficient (Wildman–Crippen LogP) is -1.93. The second-order valence-electron chi connectivity index (χ2n) is 2.38. The Balaban J connectivity index is 0. The van der Waals surface area contributed by atoms with Crippen LogP contribution in [0.4, 0.5) is 0 Å². The van der Waals surface area contributed by atoms with Crippen molar-refractivity contribution in [1.29, 1.82) is 0 Å². The van der Waals surface area contributed by atoms with E-state index in [2.05, 4.69) is 5.32 Å². The first-order chi connectivity index (χ1) is 6.45. The first kappa shape index (κ1) is 15.3. The van der Waals surface area contributed by atoms with E-state index in [1.54, 1.807) is 7.05 Å². The van der Waals surface area contributed by atoms with E-state index >= 15 is 0 Å². The minimum absolute atomic E-state index is 0.0417. The second-order valence-corrected chi connectivity index (χ2v) is 2.38. The fourth-order valence-corrected chi connectivity index (χ4v) is 0.414. The number of hydrogen-bond donors (Lipinski definition) is 5. The first-order valence-electron chi connectivity index (χ1n) is 3.91. The zero-order valence-corrected chi connectivity index (χ0v) is 7.93. The number of carboxylic acid groups (broad SMARTS) is 2. The molecule has 84 valence electrons. The van der Waals surface area contributed by atoms with Gasteiger partial charge in [0, 0.05) is 6.61 Å². The fourth-order valence-electron chi connectivity index (χ4n) is 0.414. The molecule has 0 spiro atoms. The standard InChI is InChI=1S/C4H9NO3.C3H7NO2/c5-3(1-2-6)4(7)8;1-4-2-3(5)6/h3,6H,1-2,5H2,(H,7,8);4H,2H2,1H3,(H,5,6)/t3-;/m0./s1. The van der Waals surface area contributed by atoms with Gasteiger partial charge in [0.2, 0.25) is 0 Å². The topological polar surface area (TPSA) is 133 Å². The van der Waals surface area contributed by atoms with Gasteiger partial charge in [-0.1, -0.05) is 0 Å². The van der Waals surface area contributed by atoms with Crippen molar-refractivity contribution in [2.24, 2.45) is 5.73 Å². The molecule has 1 atom stereocenters. The summed E-state index contributed by atoms with van der Waals surface area (Å²) in [6, 6.07) is -0.917. The highest BCUT2D eigenvalue weighted by Crippen LogP contribution is 1.83. The highest BCUT2D eigenvalue weighted by molar-refractivity contribution is 5.72. The molecule has 0 aliphatic rings. The molecule has 0 saturated carbocycles. The van der Waals surface area contributed by atoms with Crippen molar-refractivity contribution in [3.63, 3.8) is 0 Å². The van der Waals surface area contributed by atoms with Crippen LogP contribution in [0.25, 0.3) is 0 Å². The van der Waals surface area contributed by atoms with E-state index in [1.165, 1.54) is 0 Å². The van der Waals surface area contributed by atoms with Crippen LogP contribution in [0.1, 0.15) is 6.42 Å². The molecule has 6 N–H and O–H groups in total. The third-order valence-corrected chi connectivity index (χ3v) is 1.09. The molecule has 0 unspecified atom stereocenters. The summed E-state index contributed by atoms with van der Waals surface area (Å²) in [5.41, 5.74) is 4.97. The molecule has 0 bridgehead atoms. The van der Waals surface area contributed by atoms with Crippen LogP contribution >= 0.6 is 0 Å². The Hall–Kier alpha value is -1.18. The monoisotopic (exact) mass is 208 g/mol. The molecule has 0 heterocycles. The number of aliphatic hydroxyl groups is 1. The van der Waals surface area contributed by atoms with Crippen LogP contribution < -0.4 is 11.1 Å². The van der Waals surface area contributed by atoms with Gasteiger partial charge in [0.25, 0.3) is 0 Å². The maximum absolute atomic E-state index is 9.85. The SMILES string of the molecule is CNCC(=O)O.N[C@@H](CCO)C(=O)O. The molecule has 0 radical (unpaired) electrons. The third-order valence-electron chi connectivity index (χ3n) is 1.09. The highest BCUT2D eigenvalue weighted by Gasteiger charge is 2.08. The molecule has 14 heavy (non-hydrogen) atoms. The van der Waals surface area contributed by atoms with Crippen molar-refractivity contribution in [1.82, 2.24) is 5.32 Å². The van der Waals surface area contributed by atoms with Gasteiger partial charge in [-0.15, -0.1) is 0 Å². The van der Waals surface area contributed by atoms with E-state index < -0.39 is 18.0 Å². The van der Waals surface area contributed by atoms with Crippen LogP contribution in [0.15, 0.2) is 0 Å². The van der Waals surface area contributed by atoms with Gasteiger partial charge >= 0.3 is 11.9 Å². The Bertz CT molecular complexity index is 173. The van der Waals surface area contributed by atoms with Crippen LogP contribution in [0, 0.1) is 0 Å². The largest absolute Gasteiger partial charge is 0.480 e. The van der Waals surface area contributed by atoms with Gasteiger partial charge in [0.15, 0.2) is 0 Å². The summed E-state index contributed by atoms with van der Waals surface area (Å²) in [4.78, 5) is 19.4. The first-order valence-corrected chi connectivity index (χ1v) is 3.91. The molecule has 0 saturated heterocycles. The Morgan fingerprint density at radius 1 is 1.43 bits per heavy atom. The maximum atomic E-state index is 9.85. The smallest absolute Gasteiger partial charge is 0.320 e. The van der Waals surface area contributed by atoms with E-state index in [1.807, 2.05) is 0 Å². The quantitative estimate of drug-likeness (QED) is 0.355. The molecule has 0 aromatic rings. The van der Waals surface area contributed by atoms with Crippen molar-refractivity contribution in [2.75, 3.05) is 20.2 Å². The van der Waals surface area contributed by atoms with Gasteiger partial charge in [0.05, 0.1) is 6.54 Å². The number of carboxylic acids is 2. The summed E-state index contributed by atoms with van der Waals surface area (Å²) in [7, 11) is 1.59. The molecule has 7 heteroatoms. The molecule has 0 aliphatic heterocycles. The number of aliphatic hydroxyl groups excluding tert-OH is 1. The van der Waals surface area contributed by atoms with Gasteiger partial charge in [0.1, 0.15) is 6.04 Å². The Morgan fingerprint density at radius 2 is 1.93 bits per heavy atom. The van der Waals surface area contributed by atoms with Gasteiger partial charge in [-0.05, 0) is 13.5 Å². The molecule has 0 fully saturated rings. The number of likely N-dealkylation sites (N-methyl/N-ethyl adjacent to an activating group) is 1. The number of hydrogen-bond acceptors (Lipinski definition) is 5. The van der Waals surface area contributed by atoms with E-state index in [0.717, 1.165) is 0 Å². The lowest BCUT2D eigenvalue weighted by Crippen LogP contribution is -2.30. The minimum atomic E-state index is -1.07. The minimum Gasteiger partial charge on any atom is -0.480 e. The van der Waals surface area contributed by atoms with Gasteiger partial charge in [-0.2, -0.15) is 0 Å². The molecule has 0 aromatic carbocycles. The maximum Gasteiger partial charge on any atom is 0.320 e. The van der Waals surface area contributed by atoms with Crippen molar-refractivity contribution in [2.45, 2.75) is 12.5 Å². The summed E-state index contributed by atoms with van der Waals surface area (Å²) in [6.45, 7) is -0.131. The van der Waals surface area contributed by atoms with Crippen LogP contribution in [-0.4, -0.2) is 53.5 Å². The number of aliphatic carboxylic acids is 2. The molecule has 0 amide bonds. The Morgan fingerprint density at radius 3 is 2.00 bits per heavy atom. The van der Waals surface area contributed by atoms with Crippen molar-refractivity contribution in [3.05, 3.63) is 0 Å². The third kappa shape index (κ3) is 13.4. The lowest BCUT2D eigenvalue weighted by atomic mass is 10.2. The number of nitrogens with one attached hydrogen (secondary N) is 1. The summed E-state index contributed by atoms with van der Waals surface area (Å²) in [5, 5.41) is 26.5. The summed E-state index contributed by atoms with van der Waals surface area (Å²) in [5.74, 6) is -1.89. The molecule has 0 rings (SSSR count). The van der Waals surface area contributed by atoms with E-state index in [4.69, 9.17) is 21.1 Å². The molecule has 0 aromatic heterocycles. The van der Waals surface area contributed by atoms with Crippen LogP contribution in [0.5, 0.6) is 0 Å². The number of carbonyl (C=O) groups is 2. The van der Waals surface area contributed by atoms with Crippen molar-refractivity contribution < 1.29 is 24.9 Å². The second kappa shape index (κ2) is 9.90. The van der Waals surface area contributed by atoms with Crippen LogP contribution in [-0.2, 0) is 9.59 Å². The number of rotatable bonds is 5. The normalized spacial score (nSPS) is 11.1. The predicted molar refractivity (Wildman–Crippen MR) is 48.9 cm³/mol. The average molecular weight is 208 g/mol. The van der Waals surface area contributed by atoms with Crippen LogP contribution in [0.2, 0.25) is 0 Å². The van der Waals surface area contributed by atoms with E-state index in [9.17, 15) is 9.59 Å². The summed E-state index contributed by atoms with van der Waals surface area (Å²) >= 11 is 0. The van der Waals surface area contributed by atoms with Crippen LogP contribution in [0.3, 0.4) is 0 Å². The molecule has 7 nitrogen and oxygen atoms in total. The van der Waals surface area contributed by atoms with Gasteiger partial charge < -0.3 is 26.4 Å². The lowest BCUT2D eigenvalue weighted by molar-refractivity contribution is -0.139. The summed E-state index contributed by atoms with van der Waals surface area (Å²) in [6.07, 6.45) is 0.120. The molecule has 0 aliphatic carbocycles. The Labute approximate surface area is 81.5 Å². The summed E-state index contributed by atoms with van der Waals surface area (Å²) < 4.78 is 0. The average Bonchev–Trinajstić information content (AvgIpc) is 2.05. The zero-order chi connectivity index (χ0) is 11.6. The molecular formula is C7H16N2O5. The Kier molecular flexibility index (Phi) is 10.8. The fraction of sp³-hybridized carbons (Fsp3) is 0.714. The van der Waals surface area contributed by atoms with E-state index in [-0.39, 0.29) is 19.6 Å². The lowest BCUT2D eigenvalue weighted by Gasteiger charge is -2.00. The van der Waals surface area contributed by atoms with Gasteiger partial charge in [-0.25, -0.2) is 0 Å². The van der Waals surface area contributed by atoms with E-state index in [0.29, 0.717) is 0 Å². The number of nitrogens with two attached hydrogens (primary N) is 1.